The van der Waals surface area contributed by atoms with Gasteiger partial charge in [-0.15, -0.1) is 11.3 Å². The number of rotatable bonds is 6. The molecule has 0 aliphatic heterocycles. The van der Waals surface area contributed by atoms with E-state index in [1.54, 1.807) is 26.0 Å². The number of fused-ring (bicyclic) bond motifs is 1. The Morgan fingerprint density at radius 3 is 2.33 bits per heavy atom. The second-order valence-corrected chi connectivity index (χ2v) is 10.0. The molecule has 0 aliphatic carbocycles. The highest BCUT2D eigenvalue weighted by Gasteiger charge is 2.21. The maximum absolute atomic E-state index is 12.6. The van der Waals surface area contributed by atoms with Gasteiger partial charge in [-0.1, -0.05) is 43.6 Å². The van der Waals surface area contributed by atoms with Crippen LogP contribution in [0.25, 0.3) is 10.1 Å². The molecule has 0 fully saturated rings. The van der Waals surface area contributed by atoms with Gasteiger partial charge in [0, 0.05) is 28.9 Å². The Morgan fingerprint density at radius 1 is 1.10 bits per heavy atom. The van der Waals surface area contributed by atoms with Crippen LogP contribution in [0, 0.1) is 0 Å². The zero-order valence-electron chi connectivity index (χ0n) is 16.3. The number of thiophene rings is 1. The van der Waals surface area contributed by atoms with E-state index in [9.17, 15) is 13.2 Å². The average Bonchev–Trinajstić information content (AvgIpc) is 3.06. The Hall–Kier alpha value is -2.04. The van der Waals surface area contributed by atoms with Crippen LogP contribution in [0.5, 0.6) is 0 Å². The first-order chi connectivity index (χ1) is 14.3. The summed E-state index contributed by atoms with van der Waals surface area (Å²) in [5.41, 5.74) is 0.557. The highest BCUT2D eigenvalue weighted by molar-refractivity contribution is 7.89. The molecular weight excluding hydrogens is 462 g/mol. The highest BCUT2D eigenvalue weighted by Crippen LogP contribution is 2.35. The molecule has 1 aromatic heterocycles. The van der Waals surface area contributed by atoms with Crippen molar-refractivity contribution in [1.29, 1.82) is 0 Å². The summed E-state index contributed by atoms with van der Waals surface area (Å²) in [7, 11) is -3.53. The van der Waals surface area contributed by atoms with Crippen LogP contribution in [0.15, 0.2) is 53.4 Å². The molecule has 2 N–H and O–H groups in total. The smallest absolute Gasteiger partial charge is 0.269 e. The maximum Gasteiger partial charge on any atom is 0.269 e. The number of halogens is 1. The van der Waals surface area contributed by atoms with E-state index in [2.05, 4.69) is 10.6 Å². The number of nitrogens with one attached hydrogen (secondary N) is 2. The van der Waals surface area contributed by atoms with Gasteiger partial charge in [-0.3, -0.25) is 10.1 Å². The maximum atomic E-state index is 12.6. The summed E-state index contributed by atoms with van der Waals surface area (Å²) >= 11 is 12.8. The summed E-state index contributed by atoms with van der Waals surface area (Å²) in [5, 5.41) is 6.79. The fourth-order valence-electron chi connectivity index (χ4n) is 2.91. The van der Waals surface area contributed by atoms with Crippen molar-refractivity contribution >= 4 is 72.0 Å². The van der Waals surface area contributed by atoms with E-state index in [1.165, 1.54) is 27.8 Å². The van der Waals surface area contributed by atoms with Crippen molar-refractivity contribution in [1.82, 2.24) is 9.62 Å². The van der Waals surface area contributed by atoms with E-state index in [1.807, 2.05) is 24.3 Å². The predicted molar refractivity (Wildman–Crippen MR) is 127 cm³/mol. The molecule has 0 atom stereocenters. The monoisotopic (exact) mass is 481 g/mol. The standard InChI is InChI=1S/C20H20ClN3O3S3/c1-3-24(4-2)30(26,27)14-11-9-13(10-12-14)22-20(28)23-19(25)18-17(21)15-7-5-6-8-16(15)29-18/h5-12H,3-4H2,1-2H3,(H2,22,23,25,28). The molecule has 0 saturated heterocycles. The second-order valence-electron chi connectivity index (χ2n) is 6.26. The molecule has 0 unspecified atom stereocenters. The number of hydrogen-bond acceptors (Lipinski definition) is 5. The molecule has 0 radical (unpaired) electrons. The third kappa shape index (κ3) is 4.65. The van der Waals surface area contributed by atoms with Crippen molar-refractivity contribution in [3.05, 3.63) is 58.4 Å². The van der Waals surface area contributed by atoms with Gasteiger partial charge in [0.1, 0.15) is 4.88 Å². The van der Waals surface area contributed by atoms with E-state index >= 15 is 0 Å². The van der Waals surface area contributed by atoms with Crippen LogP contribution in [0.3, 0.4) is 0 Å². The van der Waals surface area contributed by atoms with E-state index in [-0.39, 0.29) is 10.0 Å². The Kier molecular flexibility index (Phi) is 7.10. The molecule has 6 nitrogen and oxygen atoms in total. The third-order valence-electron chi connectivity index (χ3n) is 4.42. The quantitative estimate of drug-likeness (QED) is 0.498. The Labute approximate surface area is 189 Å². The van der Waals surface area contributed by atoms with Gasteiger partial charge in [-0.05, 0) is 42.5 Å². The summed E-state index contributed by atoms with van der Waals surface area (Å²) in [5.74, 6) is -0.403. The van der Waals surface area contributed by atoms with Crippen molar-refractivity contribution in [2.24, 2.45) is 0 Å². The van der Waals surface area contributed by atoms with Crippen LogP contribution in [0.1, 0.15) is 23.5 Å². The summed E-state index contributed by atoms with van der Waals surface area (Å²) in [6, 6.07) is 13.7. The van der Waals surface area contributed by atoms with Gasteiger partial charge in [0.05, 0.1) is 9.92 Å². The predicted octanol–water partition coefficient (Wildman–Crippen LogP) is 4.71. The van der Waals surface area contributed by atoms with Gasteiger partial charge in [0.15, 0.2) is 5.11 Å². The van der Waals surface area contributed by atoms with Crippen LogP contribution >= 0.6 is 35.2 Å². The first kappa shape index (κ1) is 22.6. The van der Waals surface area contributed by atoms with Crippen LogP contribution in [-0.4, -0.2) is 36.8 Å². The fraction of sp³-hybridized carbons (Fsp3) is 0.200. The molecule has 3 aromatic rings. The van der Waals surface area contributed by atoms with E-state index in [0.29, 0.717) is 28.7 Å². The largest absolute Gasteiger partial charge is 0.332 e. The zero-order valence-corrected chi connectivity index (χ0v) is 19.5. The minimum absolute atomic E-state index is 0.0906. The molecular formula is C20H20ClN3O3S3. The zero-order chi connectivity index (χ0) is 21.9. The Balaban J connectivity index is 1.69. The van der Waals surface area contributed by atoms with Gasteiger partial charge in [-0.2, -0.15) is 4.31 Å². The number of anilines is 1. The SMILES string of the molecule is CCN(CC)S(=O)(=O)c1ccc(NC(=S)NC(=O)c2sc3ccccc3c2Cl)cc1. The van der Waals surface area contributed by atoms with Crippen molar-refractivity contribution < 1.29 is 13.2 Å². The lowest BCUT2D eigenvalue weighted by Crippen LogP contribution is -2.33. The van der Waals surface area contributed by atoms with E-state index in [0.717, 1.165) is 10.1 Å². The highest BCUT2D eigenvalue weighted by atomic mass is 35.5. The Morgan fingerprint density at radius 2 is 1.73 bits per heavy atom. The second kappa shape index (κ2) is 9.40. The minimum Gasteiger partial charge on any atom is -0.332 e. The average molecular weight is 482 g/mol. The van der Waals surface area contributed by atoms with Gasteiger partial charge >= 0.3 is 0 Å². The topological polar surface area (TPSA) is 78.5 Å². The molecule has 3 rings (SSSR count). The van der Waals surface area contributed by atoms with Crippen molar-refractivity contribution in [3.63, 3.8) is 0 Å². The molecule has 0 bridgehead atoms. The number of carbonyl (C=O) groups excluding carboxylic acids is 1. The molecule has 1 heterocycles. The lowest BCUT2D eigenvalue weighted by molar-refractivity contribution is 0.0982. The van der Waals surface area contributed by atoms with Gasteiger partial charge in [-0.25, -0.2) is 8.42 Å². The van der Waals surface area contributed by atoms with Gasteiger partial charge in [0.2, 0.25) is 10.0 Å². The van der Waals surface area contributed by atoms with Gasteiger partial charge in [0.25, 0.3) is 5.91 Å². The number of amides is 1. The minimum atomic E-state index is -3.53. The summed E-state index contributed by atoms with van der Waals surface area (Å²) in [6.07, 6.45) is 0. The van der Waals surface area contributed by atoms with Gasteiger partial charge < -0.3 is 5.32 Å². The molecule has 2 aromatic carbocycles. The van der Waals surface area contributed by atoms with Crippen LogP contribution in [0.4, 0.5) is 5.69 Å². The third-order valence-corrected chi connectivity index (χ3v) is 8.37. The number of carbonyl (C=O) groups is 1. The molecule has 30 heavy (non-hydrogen) atoms. The van der Waals surface area contributed by atoms with Crippen LogP contribution < -0.4 is 10.6 Å². The number of nitrogens with zero attached hydrogens (tertiary/aromatic N) is 1. The lowest BCUT2D eigenvalue weighted by Gasteiger charge is -2.18. The first-order valence-corrected chi connectivity index (χ1v) is 12.2. The number of thiocarbonyl (C=S) groups is 1. The fourth-order valence-corrected chi connectivity index (χ4v) is 5.99. The molecule has 158 valence electrons. The molecule has 0 aliphatic rings. The van der Waals surface area contributed by atoms with Crippen LogP contribution in [0.2, 0.25) is 5.02 Å². The first-order valence-electron chi connectivity index (χ1n) is 9.17. The van der Waals surface area contributed by atoms with Crippen LogP contribution in [-0.2, 0) is 10.0 Å². The number of hydrogen-bond donors (Lipinski definition) is 2. The number of sulfonamides is 1. The lowest BCUT2D eigenvalue weighted by atomic mass is 10.2. The molecule has 1 amide bonds. The molecule has 10 heteroatoms. The normalized spacial score (nSPS) is 11.6. The summed E-state index contributed by atoms with van der Waals surface area (Å²) in [4.78, 5) is 13.1. The van der Waals surface area contributed by atoms with E-state index < -0.39 is 15.9 Å². The summed E-state index contributed by atoms with van der Waals surface area (Å²) in [6.45, 7) is 4.38. The van der Waals surface area contributed by atoms with E-state index in [4.69, 9.17) is 23.8 Å². The number of benzene rings is 2. The Bertz CT molecular complexity index is 1190. The molecule has 0 saturated carbocycles. The molecule has 0 spiro atoms. The van der Waals surface area contributed by atoms with Crippen molar-refractivity contribution in [2.75, 3.05) is 18.4 Å². The van der Waals surface area contributed by atoms with Crippen molar-refractivity contribution in [2.45, 2.75) is 18.7 Å². The van der Waals surface area contributed by atoms with Crippen molar-refractivity contribution in [3.8, 4) is 0 Å². The summed E-state index contributed by atoms with van der Waals surface area (Å²) < 4.78 is 27.4.